The number of anilines is 2. The molecule has 1 aliphatic rings. The second kappa shape index (κ2) is 7.44. The Morgan fingerprint density at radius 2 is 2.08 bits per heavy atom. The average molecular weight is 359 g/mol. The van der Waals surface area contributed by atoms with Gasteiger partial charge in [-0.05, 0) is 36.0 Å². The minimum Gasteiger partial charge on any atom is -0.343 e. The lowest BCUT2D eigenvalue weighted by atomic mass is 9.87. The Labute approximate surface area is 153 Å². The van der Waals surface area contributed by atoms with Crippen LogP contribution in [0.3, 0.4) is 0 Å². The molecule has 1 saturated heterocycles. The number of aromatic nitrogens is 1. The van der Waals surface area contributed by atoms with Crippen molar-refractivity contribution in [2.45, 2.75) is 45.1 Å². The zero-order valence-electron chi connectivity index (χ0n) is 15.1. The van der Waals surface area contributed by atoms with E-state index in [0.717, 1.165) is 30.2 Å². The Kier molecular flexibility index (Phi) is 5.27. The molecular formula is C19H26N4OS. The molecule has 134 valence electrons. The fraction of sp³-hybridized carbons (Fsp3) is 0.474. The van der Waals surface area contributed by atoms with Crippen LogP contribution < -0.4 is 15.5 Å². The van der Waals surface area contributed by atoms with Gasteiger partial charge in [0.15, 0.2) is 5.13 Å². The molecule has 0 aliphatic carbocycles. The van der Waals surface area contributed by atoms with Gasteiger partial charge in [-0.15, -0.1) is 11.3 Å². The number of hydrogen-bond donors (Lipinski definition) is 2. The van der Waals surface area contributed by atoms with Crippen molar-refractivity contribution in [2.24, 2.45) is 0 Å². The Morgan fingerprint density at radius 1 is 1.32 bits per heavy atom. The maximum absolute atomic E-state index is 12.2. The minimum absolute atomic E-state index is 0.114. The summed E-state index contributed by atoms with van der Waals surface area (Å²) in [4.78, 5) is 18.9. The van der Waals surface area contributed by atoms with Gasteiger partial charge in [0.05, 0.1) is 0 Å². The Bertz CT molecular complexity index is 691. The maximum atomic E-state index is 12.2. The van der Waals surface area contributed by atoms with E-state index in [9.17, 15) is 4.79 Å². The van der Waals surface area contributed by atoms with Gasteiger partial charge in [0.2, 0.25) is 0 Å². The number of hydrogen-bond acceptors (Lipinski definition) is 4. The summed E-state index contributed by atoms with van der Waals surface area (Å²) in [5, 5.41) is 8.94. The third-order valence-corrected chi connectivity index (χ3v) is 5.36. The first-order chi connectivity index (χ1) is 11.9. The van der Waals surface area contributed by atoms with Crippen LogP contribution in [0.2, 0.25) is 0 Å². The van der Waals surface area contributed by atoms with Crippen molar-refractivity contribution in [3.63, 3.8) is 0 Å². The molecule has 6 heteroatoms. The van der Waals surface area contributed by atoms with Gasteiger partial charge in [-0.2, -0.15) is 0 Å². The highest BCUT2D eigenvalue weighted by Gasteiger charge is 2.26. The van der Waals surface area contributed by atoms with Crippen molar-refractivity contribution in [1.82, 2.24) is 10.3 Å². The van der Waals surface area contributed by atoms with Crippen molar-refractivity contribution in [3.05, 3.63) is 41.4 Å². The Hall–Kier alpha value is -2.08. The number of rotatable bonds is 4. The summed E-state index contributed by atoms with van der Waals surface area (Å²) < 4.78 is 0. The molecule has 2 amide bonds. The third kappa shape index (κ3) is 4.51. The van der Waals surface area contributed by atoms with Gasteiger partial charge in [0, 0.05) is 36.4 Å². The summed E-state index contributed by atoms with van der Waals surface area (Å²) in [5.41, 5.74) is 2.18. The molecule has 0 radical (unpaired) electrons. The predicted molar refractivity (Wildman–Crippen MR) is 105 cm³/mol. The summed E-state index contributed by atoms with van der Waals surface area (Å²) in [5.74, 6) is 0. The number of urea groups is 1. The number of carbonyl (C=O) groups excluding carboxylic acids is 1. The van der Waals surface area contributed by atoms with Crippen LogP contribution >= 0.6 is 11.3 Å². The molecule has 0 spiro atoms. The van der Waals surface area contributed by atoms with E-state index in [1.165, 1.54) is 5.56 Å². The fourth-order valence-electron chi connectivity index (χ4n) is 3.10. The highest BCUT2D eigenvalue weighted by molar-refractivity contribution is 7.13. The van der Waals surface area contributed by atoms with Crippen molar-refractivity contribution >= 4 is 28.2 Å². The molecule has 0 bridgehead atoms. The van der Waals surface area contributed by atoms with Crippen LogP contribution in [0, 0.1) is 0 Å². The highest BCUT2D eigenvalue weighted by Crippen LogP contribution is 2.27. The van der Waals surface area contributed by atoms with Crippen LogP contribution in [0.5, 0.6) is 0 Å². The zero-order chi connectivity index (χ0) is 17.9. The first kappa shape index (κ1) is 17.7. The van der Waals surface area contributed by atoms with Gasteiger partial charge in [-0.3, -0.25) is 0 Å². The van der Waals surface area contributed by atoms with Crippen molar-refractivity contribution in [2.75, 3.05) is 23.3 Å². The van der Waals surface area contributed by atoms with Gasteiger partial charge in [0.25, 0.3) is 0 Å². The standard InChI is InChI=1S/C19H26N4OS/c1-19(2,3)14-6-8-15(9-7-14)22-17(24)21-13-16-5-4-11-23(16)18-20-10-12-25-18/h6-10,12,16H,4-5,11,13H2,1-3H3,(H2,21,22,24). The van der Waals surface area contributed by atoms with E-state index in [-0.39, 0.29) is 11.4 Å². The maximum Gasteiger partial charge on any atom is 0.319 e. The normalized spacial score (nSPS) is 17.6. The summed E-state index contributed by atoms with van der Waals surface area (Å²) in [6, 6.07) is 8.21. The highest BCUT2D eigenvalue weighted by atomic mass is 32.1. The number of thiazole rings is 1. The topological polar surface area (TPSA) is 57.3 Å². The van der Waals surface area contributed by atoms with Crippen LogP contribution in [0.25, 0.3) is 0 Å². The number of benzene rings is 1. The molecular weight excluding hydrogens is 332 g/mol. The van der Waals surface area contributed by atoms with Gasteiger partial charge in [-0.1, -0.05) is 32.9 Å². The first-order valence-corrected chi connectivity index (χ1v) is 9.63. The average Bonchev–Trinajstić information content (AvgIpc) is 3.23. The Morgan fingerprint density at radius 3 is 2.72 bits per heavy atom. The van der Waals surface area contributed by atoms with E-state index >= 15 is 0 Å². The van der Waals surface area contributed by atoms with E-state index in [0.29, 0.717) is 12.6 Å². The lowest BCUT2D eigenvalue weighted by molar-refractivity contribution is 0.251. The van der Waals surface area contributed by atoms with E-state index in [2.05, 4.69) is 53.4 Å². The van der Waals surface area contributed by atoms with E-state index < -0.39 is 0 Å². The molecule has 25 heavy (non-hydrogen) atoms. The molecule has 1 atom stereocenters. The van der Waals surface area contributed by atoms with Crippen LogP contribution in [-0.2, 0) is 5.41 Å². The smallest absolute Gasteiger partial charge is 0.319 e. The predicted octanol–water partition coefficient (Wildman–Crippen LogP) is 4.23. The molecule has 2 N–H and O–H groups in total. The summed E-state index contributed by atoms with van der Waals surface area (Å²) >= 11 is 1.65. The van der Waals surface area contributed by atoms with Gasteiger partial charge in [0.1, 0.15) is 0 Å². The van der Waals surface area contributed by atoms with Crippen molar-refractivity contribution in [3.8, 4) is 0 Å². The summed E-state index contributed by atoms with van der Waals surface area (Å²) in [6.45, 7) is 8.18. The van der Waals surface area contributed by atoms with Gasteiger partial charge < -0.3 is 15.5 Å². The fourth-order valence-corrected chi connectivity index (χ4v) is 3.84. The quantitative estimate of drug-likeness (QED) is 0.860. The molecule has 1 aromatic heterocycles. The van der Waals surface area contributed by atoms with Crippen molar-refractivity contribution in [1.29, 1.82) is 0 Å². The molecule has 0 saturated carbocycles. The number of nitrogens with one attached hydrogen (secondary N) is 2. The number of carbonyl (C=O) groups is 1. The second-order valence-corrected chi connectivity index (χ2v) is 8.34. The molecule has 1 unspecified atom stereocenters. The zero-order valence-corrected chi connectivity index (χ0v) is 15.9. The Balaban J connectivity index is 1.51. The molecule has 2 aromatic rings. The molecule has 3 rings (SSSR count). The van der Waals surface area contributed by atoms with E-state index in [1.54, 1.807) is 11.3 Å². The summed E-state index contributed by atoms with van der Waals surface area (Å²) in [6.07, 6.45) is 4.05. The number of nitrogens with zero attached hydrogens (tertiary/aromatic N) is 2. The second-order valence-electron chi connectivity index (χ2n) is 7.47. The molecule has 2 heterocycles. The van der Waals surface area contributed by atoms with Crippen LogP contribution in [-0.4, -0.2) is 30.1 Å². The molecule has 5 nitrogen and oxygen atoms in total. The van der Waals surface area contributed by atoms with E-state index in [4.69, 9.17) is 0 Å². The van der Waals surface area contributed by atoms with Crippen molar-refractivity contribution < 1.29 is 4.79 Å². The lowest BCUT2D eigenvalue weighted by Crippen LogP contribution is -2.41. The van der Waals surface area contributed by atoms with Gasteiger partial charge >= 0.3 is 6.03 Å². The SMILES string of the molecule is CC(C)(C)c1ccc(NC(=O)NCC2CCCN2c2nccs2)cc1. The minimum atomic E-state index is -0.158. The lowest BCUT2D eigenvalue weighted by Gasteiger charge is -2.24. The first-order valence-electron chi connectivity index (χ1n) is 8.75. The number of amides is 2. The van der Waals surface area contributed by atoms with Crippen LogP contribution in [0.15, 0.2) is 35.8 Å². The van der Waals surface area contributed by atoms with Crippen LogP contribution in [0.1, 0.15) is 39.2 Å². The molecule has 1 aromatic carbocycles. The molecule has 1 fully saturated rings. The largest absolute Gasteiger partial charge is 0.343 e. The third-order valence-electron chi connectivity index (χ3n) is 4.55. The van der Waals surface area contributed by atoms with E-state index in [1.807, 2.05) is 23.7 Å². The van der Waals surface area contributed by atoms with Gasteiger partial charge in [-0.25, -0.2) is 9.78 Å². The van der Waals surface area contributed by atoms with Crippen LogP contribution in [0.4, 0.5) is 15.6 Å². The monoisotopic (exact) mass is 358 g/mol. The molecule has 1 aliphatic heterocycles. The summed E-state index contributed by atoms with van der Waals surface area (Å²) in [7, 11) is 0.